The van der Waals surface area contributed by atoms with Crippen LogP contribution in [0.3, 0.4) is 0 Å². The van der Waals surface area contributed by atoms with Crippen LogP contribution in [0.1, 0.15) is 57.3 Å². The lowest BCUT2D eigenvalue weighted by atomic mass is 9.99. The van der Waals surface area contributed by atoms with Crippen LogP contribution in [0.15, 0.2) is 30.3 Å². The van der Waals surface area contributed by atoms with E-state index in [1.165, 1.54) is 23.3 Å². The van der Waals surface area contributed by atoms with Gasteiger partial charge in [0.05, 0.1) is 21.3 Å². The van der Waals surface area contributed by atoms with E-state index in [0.29, 0.717) is 16.4 Å². The van der Waals surface area contributed by atoms with Gasteiger partial charge in [0, 0.05) is 16.3 Å². The van der Waals surface area contributed by atoms with Gasteiger partial charge < -0.3 is 10.6 Å². The van der Waals surface area contributed by atoms with Crippen molar-refractivity contribution in [1.82, 2.24) is 9.78 Å². The number of nitrogens with zero attached hydrogens (tertiary/aromatic N) is 2. The molecule has 0 spiro atoms. The smallest absolute Gasteiger partial charge is 0.265 e. The van der Waals surface area contributed by atoms with E-state index in [2.05, 4.69) is 15.7 Å². The Balaban J connectivity index is 1.43. The average Bonchev–Trinajstić information content (AvgIpc) is 3.32. The van der Waals surface area contributed by atoms with Gasteiger partial charge in [0.1, 0.15) is 6.04 Å². The highest BCUT2D eigenvalue weighted by atomic mass is 35.5. The van der Waals surface area contributed by atoms with Crippen LogP contribution in [-0.4, -0.2) is 21.6 Å². The molecule has 1 aliphatic rings. The fraction of sp³-hybridized carbons (Fsp3) is 0.348. The quantitative estimate of drug-likeness (QED) is 0.528. The highest BCUT2D eigenvalue weighted by molar-refractivity contribution is 7.14. The number of anilines is 2. The number of rotatable bonds is 5. The molecular formula is C23H25ClN4O2S. The van der Waals surface area contributed by atoms with Crippen molar-refractivity contribution < 1.29 is 9.59 Å². The molecule has 1 unspecified atom stereocenters. The summed E-state index contributed by atoms with van der Waals surface area (Å²) in [6.45, 7) is 5.60. The highest BCUT2D eigenvalue weighted by Gasteiger charge is 2.20. The molecule has 2 aromatic heterocycles. The SMILES string of the molecule is Cc1cc(C)n(C(C)C(=O)Nc2ccc(NC(=O)c3cc4c(s3)CCCC4)cc2Cl)n1. The molecule has 2 amide bonds. The summed E-state index contributed by atoms with van der Waals surface area (Å²) in [6, 6.07) is 8.54. The van der Waals surface area contributed by atoms with Gasteiger partial charge >= 0.3 is 0 Å². The van der Waals surface area contributed by atoms with Crippen LogP contribution in [0.5, 0.6) is 0 Å². The molecule has 0 saturated carbocycles. The Morgan fingerprint density at radius 2 is 1.90 bits per heavy atom. The van der Waals surface area contributed by atoms with Crippen molar-refractivity contribution in [3.63, 3.8) is 0 Å². The molecule has 2 N–H and O–H groups in total. The van der Waals surface area contributed by atoms with Crippen molar-refractivity contribution in [2.45, 2.75) is 52.5 Å². The van der Waals surface area contributed by atoms with E-state index >= 15 is 0 Å². The standard InChI is InChI=1S/C23H25ClN4O2S/c1-13-10-14(2)28(27-13)15(3)22(29)26-19-9-8-17(12-18(19)24)25-23(30)21-11-16-6-4-5-7-20(16)31-21/h8-12,15H,4-7H2,1-3H3,(H,25,30)(H,26,29). The van der Waals surface area contributed by atoms with Gasteiger partial charge in [-0.3, -0.25) is 14.3 Å². The van der Waals surface area contributed by atoms with E-state index in [4.69, 9.17) is 11.6 Å². The van der Waals surface area contributed by atoms with E-state index < -0.39 is 6.04 Å². The Morgan fingerprint density at radius 1 is 1.13 bits per heavy atom. The van der Waals surface area contributed by atoms with Gasteiger partial charge in [-0.2, -0.15) is 5.10 Å². The Kier molecular flexibility index (Phi) is 6.16. The Hall–Kier alpha value is -2.64. The molecule has 1 aromatic carbocycles. The number of amides is 2. The number of hydrogen-bond donors (Lipinski definition) is 2. The van der Waals surface area contributed by atoms with Gasteiger partial charge in [-0.1, -0.05) is 11.6 Å². The molecule has 0 bridgehead atoms. The summed E-state index contributed by atoms with van der Waals surface area (Å²) in [7, 11) is 0. The topological polar surface area (TPSA) is 76.0 Å². The van der Waals surface area contributed by atoms with Gasteiger partial charge in [0.25, 0.3) is 5.91 Å². The van der Waals surface area contributed by atoms with E-state index in [1.54, 1.807) is 41.1 Å². The minimum Gasteiger partial charge on any atom is -0.323 e. The lowest BCUT2D eigenvalue weighted by molar-refractivity contribution is -0.119. The van der Waals surface area contributed by atoms with Gasteiger partial charge in [-0.15, -0.1) is 11.3 Å². The van der Waals surface area contributed by atoms with Gasteiger partial charge in [-0.05, 0) is 82.3 Å². The Bertz CT molecular complexity index is 1130. The fourth-order valence-electron chi connectivity index (χ4n) is 3.88. The monoisotopic (exact) mass is 456 g/mol. The zero-order valence-corrected chi connectivity index (χ0v) is 19.4. The summed E-state index contributed by atoms with van der Waals surface area (Å²) < 4.78 is 1.69. The summed E-state index contributed by atoms with van der Waals surface area (Å²) in [4.78, 5) is 27.4. The molecule has 162 valence electrons. The van der Waals surface area contributed by atoms with E-state index in [9.17, 15) is 9.59 Å². The molecule has 0 aliphatic heterocycles. The third-order valence-electron chi connectivity index (χ3n) is 5.50. The number of thiophene rings is 1. The molecule has 6 nitrogen and oxygen atoms in total. The van der Waals surface area contributed by atoms with Crippen LogP contribution in [0.25, 0.3) is 0 Å². The second-order valence-electron chi connectivity index (χ2n) is 7.95. The normalized spacial score (nSPS) is 14.1. The zero-order valence-electron chi connectivity index (χ0n) is 17.8. The van der Waals surface area contributed by atoms with Crippen molar-refractivity contribution in [2.24, 2.45) is 0 Å². The lowest BCUT2D eigenvalue weighted by Crippen LogP contribution is -2.25. The predicted molar refractivity (Wildman–Crippen MR) is 125 cm³/mol. The molecule has 0 saturated heterocycles. The van der Waals surface area contributed by atoms with Crippen molar-refractivity contribution in [3.05, 3.63) is 62.1 Å². The third-order valence-corrected chi connectivity index (χ3v) is 7.04. The summed E-state index contributed by atoms with van der Waals surface area (Å²) >= 11 is 7.96. The molecular weight excluding hydrogens is 432 g/mol. The zero-order chi connectivity index (χ0) is 22.1. The number of carbonyl (C=O) groups excluding carboxylic acids is 2. The summed E-state index contributed by atoms with van der Waals surface area (Å²) in [6.07, 6.45) is 4.49. The van der Waals surface area contributed by atoms with Crippen LogP contribution in [-0.2, 0) is 17.6 Å². The number of fused-ring (bicyclic) bond motifs is 1. The summed E-state index contributed by atoms with van der Waals surface area (Å²) in [5.41, 5.74) is 4.16. The van der Waals surface area contributed by atoms with Gasteiger partial charge in [0.2, 0.25) is 5.91 Å². The van der Waals surface area contributed by atoms with Gasteiger partial charge in [0.15, 0.2) is 0 Å². The van der Waals surface area contributed by atoms with Crippen LogP contribution in [0, 0.1) is 13.8 Å². The first-order valence-electron chi connectivity index (χ1n) is 10.4. The molecule has 1 aliphatic carbocycles. The number of nitrogens with one attached hydrogen (secondary N) is 2. The maximum absolute atomic E-state index is 12.7. The minimum absolute atomic E-state index is 0.134. The first kappa shape index (κ1) is 21.6. The number of hydrogen-bond acceptors (Lipinski definition) is 4. The molecule has 0 radical (unpaired) electrons. The van der Waals surface area contributed by atoms with E-state index in [0.717, 1.165) is 29.1 Å². The number of benzene rings is 1. The van der Waals surface area contributed by atoms with Crippen LogP contribution < -0.4 is 10.6 Å². The van der Waals surface area contributed by atoms with Gasteiger partial charge in [-0.25, -0.2) is 0 Å². The molecule has 8 heteroatoms. The largest absolute Gasteiger partial charge is 0.323 e. The summed E-state index contributed by atoms with van der Waals surface area (Å²) in [5, 5.41) is 10.5. The molecule has 4 rings (SSSR count). The van der Waals surface area contributed by atoms with Crippen LogP contribution >= 0.6 is 22.9 Å². The van der Waals surface area contributed by atoms with Crippen LogP contribution in [0.4, 0.5) is 11.4 Å². The van der Waals surface area contributed by atoms with Crippen molar-refractivity contribution >= 4 is 46.1 Å². The first-order chi connectivity index (χ1) is 14.8. The third kappa shape index (κ3) is 4.67. The van der Waals surface area contributed by atoms with Crippen molar-refractivity contribution in [1.29, 1.82) is 0 Å². The first-order valence-corrected chi connectivity index (χ1v) is 11.6. The highest BCUT2D eigenvalue weighted by Crippen LogP contribution is 2.31. The second-order valence-corrected chi connectivity index (χ2v) is 9.50. The predicted octanol–water partition coefficient (Wildman–Crippen LogP) is 5.55. The number of aryl methyl sites for hydroxylation is 4. The fourth-order valence-corrected chi connectivity index (χ4v) is 5.25. The molecule has 0 fully saturated rings. The minimum atomic E-state index is -0.478. The number of carbonyl (C=O) groups is 2. The van der Waals surface area contributed by atoms with Crippen LogP contribution in [0.2, 0.25) is 5.02 Å². The molecule has 3 aromatic rings. The Labute approximate surface area is 190 Å². The molecule has 31 heavy (non-hydrogen) atoms. The Morgan fingerprint density at radius 3 is 2.58 bits per heavy atom. The molecule has 1 atom stereocenters. The van der Waals surface area contributed by atoms with Crippen molar-refractivity contribution in [2.75, 3.05) is 10.6 Å². The van der Waals surface area contributed by atoms with E-state index in [1.807, 2.05) is 26.0 Å². The summed E-state index contributed by atoms with van der Waals surface area (Å²) in [5.74, 6) is -0.348. The number of aromatic nitrogens is 2. The number of halogens is 1. The maximum atomic E-state index is 12.7. The lowest BCUT2D eigenvalue weighted by Gasteiger charge is -2.15. The average molecular weight is 457 g/mol. The maximum Gasteiger partial charge on any atom is 0.265 e. The molecule has 2 heterocycles. The van der Waals surface area contributed by atoms with Crippen molar-refractivity contribution in [3.8, 4) is 0 Å². The van der Waals surface area contributed by atoms with E-state index in [-0.39, 0.29) is 11.8 Å². The second kappa shape index (κ2) is 8.85.